The van der Waals surface area contributed by atoms with Gasteiger partial charge in [-0.1, -0.05) is 19.9 Å². The van der Waals surface area contributed by atoms with Gasteiger partial charge in [-0.2, -0.15) is 0 Å². The fraction of sp³-hybridized carbons (Fsp3) is 0.600. The molecule has 0 spiro atoms. The molecule has 0 aromatic heterocycles. The van der Waals surface area contributed by atoms with Crippen LogP contribution < -0.4 is 5.73 Å². The van der Waals surface area contributed by atoms with Gasteiger partial charge in [0.1, 0.15) is 0 Å². The standard InChI is InChI=1S/C15H23BrN2S/c1-10(2)19-15-5-4-12(7-13(15)16)14-6-11(8-17)9-18(14)3/h4-5,7,10-11,14H,6,8-9,17H2,1-3H3. The SMILES string of the molecule is CC(C)Sc1ccc(C2CC(CN)CN2C)cc1Br. The van der Waals surface area contributed by atoms with E-state index in [0.29, 0.717) is 17.2 Å². The molecule has 2 unspecified atom stereocenters. The first-order valence-electron chi connectivity index (χ1n) is 6.87. The molecule has 1 fully saturated rings. The van der Waals surface area contributed by atoms with Gasteiger partial charge in [-0.25, -0.2) is 0 Å². The van der Waals surface area contributed by atoms with E-state index in [1.165, 1.54) is 21.4 Å². The summed E-state index contributed by atoms with van der Waals surface area (Å²) in [5, 5.41) is 0.609. The summed E-state index contributed by atoms with van der Waals surface area (Å²) in [6.07, 6.45) is 1.18. The summed E-state index contributed by atoms with van der Waals surface area (Å²) in [4.78, 5) is 3.75. The van der Waals surface area contributed by atoms with Gasteiger partial charge in [-0.15, -0.1) is 11.8 Å². The van der Waals surface area contributed by atoms with Gasteiger partial charge in [0.05, 0.1) is 0 Å². The third-order valence-corrected chi connectivity index (χ3v) is 5.67. The van der Waals surface area contributed by atoms with Crippen LogP contribution in [0.4, 0.5) is 0 Å². The third-order valence-electron chi connectivity index (χ3n) is 3.67. The second kappa shape index (κ2) is 6.61. The van der Waals surface area contributed by atoms with Gasteiger partial charge >= 0.3 is 0 Å². The Kier molecular flexibility index (Phi) is 5.35. The lowest BCUT2D eigenvalue weighted by molar-refractivity contribution is 0.313. The highest BCUT2D eigenvalue weighted by atomic mass is 79.9. The molecule has 0 aliphatic carbocycles. The van der Waals surface area contributed by atoms with E-state index in [0.717, 1.165) is 13.1 Å². The minimum atomic E-state index is 0.517. The Morgan fingerprint density at radius 2 is 2.21 bits per heavy atom. The molecule has 1 saturated heterocycles. The van der Waals surface area contributed by atoms with Crippen LogP contribution in [0.5, 0.6) is 0 Å². The Morgan fingerprint density at radius 1 is 1.47 bits per heavy atom. The molecule has 2 atom stereocenters. The van der Waals surface area contributed by atoms with Crippen molar-refractivity contribution >= 4 is 27.7 Å². The molecular formula is C15H23BrN2S. The highest BCUT2D eigenvalue weighted by Crippen LogP contribution is 2.37. The van der Waals surface area contributed by atoms with Crippen molar-refractivity contribution in [3.63, 3.8) is 0 Å². The van der Waals surface area contributed by atoms with Crippen molar-refractivity contribution < 1.29 is 0 Å². The number of halogens is 1. The zero-order chi connectivity index (χ0) is 14.0. The van der Waals surface area contributed by atoms with Gasteiger partial charge in [-0.05, 0) is 59.6 Å². The van der Waals surface area contributed by atoms with Crippen LogP contribution in [-0.2, 0) is 0 Å². The van der Waals surface area contributed by atoms with Crippen LogP contribution in [0, 0.1) is 5.92 Å². The van der Waals surface area contributed by atoms with E-state index in [1.807, 2.05) is 11.8 Å². The molecule has 0 amide bonds. The molecule has 106 valence electrons. The summed E-state index contributed by atoms with van der Waals surface area (Å²) in [6.45, 7) is 6.35. The first kappa shape index (κ1) is 15.4. The summed E-state index contributed by atoms with van der Waals surface area (Å²) in [6, 6.07) is 7.32. The molecular weight excluding hydrogens is 320 g/mol. The van der Waals surface area contributed by atoms with Crippen molar-refractivity contribution in [3.8, 4) is 0 Å². The Balaban J connectivity index is 2.16. The maximum atomic E-state index is 5.81. The first-order valence-corrected chi connectivity index (χ1v) is 8.55. The van der Waals surface area contributed by atoms with Crippen molar-refractivity contribution in [2.24, 2.45) is 11.7 Å². The van der Waals surface area contributed by atoms with Crippen molar-refractivity contribution in [2.75, 3.05) is 20.1 Å². The number of thioether (sulfide) groups is 1. The topological polar surface area (TPSA) is 29.3 Å². The fourth-order valence-corrected chi connectivity index (χ4v) is 4.24. The maximum absolute atomic E-state index is 5.81. The third kappa shape index (κ3) is 3.75. The van der Waals surface area contributed by atoms with Crippen LogP contribution in [0.25, 0.3) is 0 Å². The number of rotatable bonds is 4. The quantitative estimate of drug-likeness (QED) is 0.841. The van der Waals surface area contributed by atoms with Gasteiger partial charge in [0, 0.05) is 27.2 Å². The predicted molar refractivity (Wildman–Crippen MR) is 87.7 cm³/mol. The van der Waals surface area contributed by atoms with E-state index in [9.17, 15) is 0 Å². The minimum absolute atomic E-state index is 0.517. The summed E-state index contributed by atoms with van der Waals surface area (Å²) < 4.78 is 1.22. The average Bonchev–Trinajstić information content (AvgIpc) is 2.73. The van der Waals surface area contributed by atoms with Gasteiger partial charge in [0.25, 0.3) is 0 Å². The van der Waals surface area contributed by atoms with Crippen LogP contribution in [0.1, 0.15) is 31.9 Å². The molecule has 1 aliphatic rings. The van der Waals surface area contributed by atoms with Crippen LogP contribution in [0.15, 0.2) is 27.6 Å². The molecule has 4 heteroatoms. The molecule has 2 rings (SSSR count). The second-order valence-electron chi connectivity index (χ2n) is 5.65. The van der Waals surface area contributed by atoms with E-state index in [4.69, 9.17) is 5.73 Å². The lowest BCUT2D eigenvalue weighted by Gasteiger charge is -2.20. The normalized spacial score (nSPS) is 24.3. The summed E-state index contributed by atoms with van der Waals surface area (Å²) in [5.41, 5.74) is 7.21. The highest BCUT2D eigenvalue weighted by Gasteiger charge is 2.29. The molecule has 1 aromatic rings. The largest absolute Gasteiger partial charge is 0.330 e. The predicted octanol–water partition coefficient (Wildman–Crippen LogP) is 3.90. The molecule has 0 radical (unpaired) electrons. The zero-order valence-electron chi connectivity index (χ0n) is 11.9. The monoisotopic (exact) mass is 342 g/mol. The minimum Gasteiger partial charge on any atom is -0.330 e. The highest BCUT2D eigenvalue weighted by molar-refractivity contribution is 9.10. The lowest BCUT2D eigenvalue weighted by Crippen LogP contribution is -2.20. The van der Waals surface area contributed by atoms with Crippen LogP contribution in [0.3, 0.4) is 0 Å². The fourth-order valence-electron chi connectivity index (χ4n) is 2.74. The first-order chi connectivity index (χ1) is 9.01. The van der Waals surface area contributed by atoms with E-state index >= 15 is 0 Å². The molecule has 0 bridgehead atoms. The summed E-state index contributed by atoms with van der Waals surface area (Å²) in [7, 11) is 2.20. The number of nitrogens with zero attached hydrogens (tertiary/aromatic N) is 1. The second-order valence-corrected chi connectivity index (χ2v) is 8.12. The van der Waals surface area contributed by atoms with Crippen molar-refractivity contribution in [3.05, 3.63) is 28.2 Å². The Morgan fingerprint density at radius 3 is 2.74 bits per heavy atom. The smallest absolute Gasteiger partial charge is 0.0349 e. The van der Waals surface area contributed by atoms with Crippen LogP contribution >= 0.6 is 27.7 Å². The molecule has 19 heavy (non-hydrogen) atoms. The van der Waals surface area contributed by atoms with Gasteiger partial charge in [0.15, 0.2) is 0 Å². The van der Waals surface area contributed by atoms with Gasteiger partial charge in [-0.3, -0.25) is 4.90 Å². The molecule has 1 aromatic carbocycles. The van der Waals surface area contributed by atoms with Gasteiger partial charge in [0.2, 0.25) is 0 Å². The lowest BCUT2D eigenvalue weighted by atomic mass is 10.00. The molecule has 1 aliphatic heterocycles. The Hall–Kier alpha value is -0.0300. The number of hydrogen-bond donors (Lipinski definition) is 1. The average molecular weight is 343 g/mol. The maximum Gasteiger partial charge on any atom is 0.0349 e. The summed E-state index contributed by atoms with van der Waals surface area (Å²) in [5.74, 6) is 0.637. The Labute approximate surface area is 129 Å². The Bertz CT molecular complexity index is 436. The van der Waals surface area contributed by atoms with E-state index in [1.54, 1.807) is 0 Å². The number of likely N-dealkylation sites (tertiary alicyclic amines) is 1. The molecule has 2 N–H and O–H groups in total. The van der Waals surface area contributed by atoms with Crippen molar-refractivity contribution in [2.45, 2.75) is 36.5 Å². The van der Waals surface area contributed by atoms with E-state index < -0.39 is 0 Å². The van der Waals surface area contributed by atoms with Crippen LogP contribution in [0.2, 0.25) is 0 Å². The van der Waals surface area contributed by atoms with E-state index in [2.05, 4.69) is 59.9 Å². The molecule has 1 heterocycles. The van der Waals surface area contributed by atoms with Gasteiger partial charge < -0.3 is 5.73 Å². The number of benzene rings is 1. The van der Waals surface area contributed by atoms with Crippen molar-refractivity contribution in [1.29, 1.82) is 0 Å². The zero-order valence-corrected chi connectivity index (χ0v) is 14.3. The summed E-state index contributed by atoms with van der Waals surface area (Å²) >= 11 is 5.61. The van der Waals surface area contributed by atoms with E-state index in [-0.39, 0.29) is 0 Å². The molecule has 0 saturated carbocycles. The molecule has 2 nitrogen and oxygen atoms in total. The van der Waals surface area contributed by atoms with Crippen LogP contribution in [-0.4, -0.2) is 30.3 Å². The van der Waals surface area contributed by atoms with Crippen molar-refractivity contribution in [1.82, 2.24) is 4.90 Å². The number of nitrogens with two attached hydrogens (primary N) is 1. The number of hydrogen-bond acceptors (Lipinski definition) is 3.